The number of likely N-dealkylation sites (N-methyl/N-ethyl adjacent to an activating group) is 1. The third-order valence-corrected chi connectivity index (χ3v) is 6.51. The highest BCUT2D eigenvalue weighted by Crippen LogP contribution is 2.35. The molecule has 176 valence electrons. The molecular weight excluding hydrogens is 482 g/mol. The molecule has 2 saturated heterocycles. The summed E-state index contributed by atoms with van der Waals surface area (Å²) in [4.78, 5) is 36.1. The molecule has 1 aromatic heterocycles. The van der Waals surface area contributed by atoms with Crippen LogP contribution in [-0.4, -0.2) is 63.5 Å². The van der Waals surface area contributed by atoms with Gasteiger partial charge in [-0.2, -0.15) is 0 Å². The van der Waals surface area contributed by atoms with Gasteiger partial charge in [0, 0.05) is 18.1 Å². The van der Waals surface area contributed by atoms with Gasteiger partial charge < -0.3 is 19.5 Å². The number of hydrogen-bond donors (Lipinski definition) is 2. The Morgan fingerprint density at radius 3 is 2.76 bits per heavy atom. The normalized spacial score (nSPS) is 20.8. The van der Waals surface area contributed by atoms with Crippen LogP contribution in [0.4, 0.5) is 10.5 Å². The lowest BCUT2D eigenvalue weighted by Gasteiger charge is -2.23. The first-order valence-electron chi connectivity index (χ1n) is 10.5. The van der Waals surface area contributed by atoms with Crippen molar-refractivity contribution in [3.63, 3.8) is 0 Å². The highest BCUT2D eigenvalue weighted by atomic mass is 35.5. The maximum atomic E-state index is 12.8. The van der Waals surface area contributed by atoms with Gasteiger partial charge in [0.05, 0.1) is 15.9 Å². The molecule has 2 atom stereocenters. The Morgan fingerprint density at radius 2 is 2.03 bits per heavy atom. The summed E-state index contributed by atoms with van der Waals surface area (Å²) in [5.41, 5.74) is 2.25. The van der Waals surface area contributed by atoms with Crippen LogP contribution in [0.5, 0.6) is 5.19 Å². The smallest absolute Gasteiger partial charge is 0.341 e. The minimum absolute atomic E-state index is 0.266. The van der Waals surface area contributed by atoms with E-state index < -0.39 is 12.6 Å². The molecule has 2 aliphatic rings. The van der Waals surface area contributed by atoms with E-state index in [0.717, 1.165) is 10.3 Å². The Balaban J connectivity index is 1.47. The number of carbonyl (C=O) groups excluding carboxylic acids is 1. The lowest BCUT2D eigenvalue weighted by Crippen LogP contribution is -2.46. The van der Waals surface area contributed by atoms with Crippen LogP contribution < -0.4 is 10.1 Å². The van der Waals surface area contributed by atoms with E-state index in [1.54, 1.807) is 17.0 Å². The van der Waals surface area contributed by atoms with E-state index in [1.807, 2.05) is 42.2 Å². The number of ether oxygens (including phenoxy) is 2. The van der Waals surface area contributed by atoms with Gasteiger partial charge in [-0.25, -0.2) is 19.6 Å². The van der Waals surface area contributed by atoms with Crippen LogP contribution in [0, 0.1) is 0 Å². The maximum absolute atomic E-state index is 12.8. The lowest BCUT2D eigenvalue weighted by molar-refractivity contribution is -0.139. The number of fused-ring (bicyclic) bond motifs is 2. The Hall–Kier alpha value is -3.41. The Bertz CT molecular complexity index is 1280. The molecule has 34 heavy (non-hydrogen) atoms. The van der Waals surface area contributed by atoms with Crippen molar-refractivity contribution in [2.75, 3.05) is 13.2 Å². The van der Waals surface area contributed by atoms with E-state index in [-0.39, 0.29) is 23.7 Å². The first kappa shape index (κ1) is 22.4. The topological polar surface area (TPSA) is 120 Å². The van der Waals surface area contributed by atoms with E-state index in [9.17, 15) is 9.59 Å². The average Bonchev–Trinajstić information content (AvgIpc) is 3.48. The van der Waals surface area contributed by atoms with E-state index in [0.29, 0.717) is 35.3 Å². The van der Waals surface area contributed by atoms with E-state index in [4.69, 9.17) is 31.2 Å². The minimum Gasteiger partial charge on any atom is -0.479 e. The number of halogens is 1. The largest absolute Gasteiger partial charge is 0.479 e. The number of urea groups is 1. The van der Waals surface area contributed by atoms with E-state index in [2.05, 4.69) is 10.3 Å². The second-order valence-corrected chi connectivity index (χ2v) is 9.07. The monoisotopic (exact) mass is 501 g/mol. The molecule has 10 nitrogen and oxygen atoms in total. The first-order valence-corrected chi connectivity index (χ1v) is 11.7. The van der Waals surface area contributed by atoms with Gasteiger partial charge in [-0.05, 0) is 42.8 Å². The van der Waals surface area contributed by atoms with Crippen molar-refractivity contribution >= 4 is 56.8 Å². The molecule has 2 amide bonds. The van der Waals surface area contributed by atoms with Crippen LogP contribution in [0.1, 0.15) is 12.5 Å². The zero-order valence-electron chi connectivity index (χ0n) is 18.0. The number of guanidine groups is 1. The van der Waals surface area contributed by atoms with Crippen LogP contribution in [0.3, 0.4) is 0 Å². The number of aromatic nitrogens is 1. The highest BCUT2D eigenvalue weighted by Gasteiger charge is 2.53. The zero-order chi connectivity index (χ0) is 23.8. The number of aliphatic carboxylic acids is 1. The zero-order valence-corrected chi connectivity index (χ0v) is 19.5. The molecule has 3 aromatic rings. The summed E-state index contributed by atoms with van der Waals surface area (Å²) >= 11 is 7.25. The number of epoxide rings is 1. The van der Waals surface area contributed by atoms with Crippen LogP contribution in [0.2, 0.25) is 5.02 Å². The van der Waals surface area contributed by atoms with E-state index in [1.165, 1.54) is 11.3 Å². The number of thiazole rings is 1. The van der Waals surface area contributed by atoms with Crippen molar-refractivity contribution in [2.24, 2.45) is 4.99 Å². The molecule has 2 N–H and O–H groups in total. The number of carboxylic acids is 1. The van der Waals surface area contributed by atoms with Crippen LogP contribution in [-0.2, 0) is 16.1 Å². The second kappa shape index (κ2) is 9.09. The summed E-state index contributed by atoms with van der Waals surface area (Å²) < 4.78 is 11.8. The van der Waals surface area contributed by atoms with Gasteiger partial charge in [-0.15, -0.1) is 0 Å². The van der Waals surface area contributed by atoms with Crippen molar-refractivity contribution in [1.29, 1.82) is 0 Å². The number of aliphatic imine (C=N–C) groups is 1. The Kier molecular flexibility index (Phi) is 5.98. The molecule has 2 unspecified atom stereocenters. The maximum Gasteiger partial charge on any atom is 0.341 e. The molecule has 2 fully saturated rings. The third kappa shape index (κ3) is 4.63. The number of carboxylic acid groups (broad SMARTS) is 1. The van der Waals surface area contributed by atoms with Crippen LogP contribution >= 0.6 is 22.9 Å². The number of amides is 2. The summed E-state index contributed by atoms with van der Waals surface area (Å²) in [6, 6.07) is 12.5. The van der Waals surface area contributed by atoms with Crippen molar-refractivity contribution in [1.82, 2.24) is 20.1 Å². The predicted molar refractivity (Wildman–Crippen MR) is 126 cm³/mol. The van der Waals surface area contributed by atoms with Gasteiger partial charge in [0.25, 0.3) is 5.19 Å². The number of hydrogen-bond acceptors (Lipinski definition) is 7. The molecule has 0 spiro atoms. The van der Waals surface area contributed by atoms with Gasteiger partial charge in [0.1, 0.15) is 0 Å². The molecule has 0 bridgehead atoms. The van der Waals surface area contributed by atoms with Crippen molar-refractivity contribution in [3.05, 3.63) is 53.1 Å². The van der Waals surface area contributed by atoms with Crippen LogP contribution in [0.25, 0.3) is 10.2 Å². The average molecular weight is 502 g/mol. The fraction of sp³-hybridized carbons (Fsp3) is 0.273. The van der Waals surface area contributed by atoms with Gasteiger partial charge in [0.15, 0.2) is 19.1 Å². The van der Waals surface area contributed by atoms with Gasteiger partial charge in [-0.3, -0.25) is 10.2 Å². The minimum atomic E-state index is -1.07. The summed E-state index contributed by atoms with van der Waals surface area (Å²) in [7, 11) is 0. The number of carbonyl (C=O) groups is 2. The summed E-state index contributed by atoms with van der Waals surface area (Å²) in [5, 5.41) is 12.6. The summed E-state index contributed by atoms with van der Waals surface area (Å²) in [5.74, 6) is -0.701. The predicted octanol–water partition coefficient (Wildman–Crippen LogP) is 3.63. The van der Waals surface area contributed by atoms with Gasteiger partial charge in [0.2, 0.25) is 5.96 Å². The number of nitrogens with zero attached hydrogens (tertiary/aromatic N) is 4. The number of rotatable bonds is 7. The Labute approximate surface area is 203 Å². The van der Waals surface area contributed by atoms with Crippen molar-refractivity contribution in [3.8, 4) is 5.19 Å². The molecular formula is C22H20ClN5O5S. The van der Waals surface area contributed by atoms with E-state index >= 15 is 0 Å². The van der Waals surface area contributed by atoms with Crippen molar-refractivity contribution < 1.29 is 24.2 Å². The molecule has 3 heterocycles. The SMILES string of the molecule is CCN1C(=O)NC(=Nc2ccc3nc(OCC(=O)O)sc3c2)N(Cc2ccc(Cl)cc2)C2OC21. The molecule has 12 heteroatoms. The molecule has 0 aliphatic carbocycles. The third-order valence-electron chi connectivity index (χ3n) is 5.33. The highest BCUT2D eigenvalue weighted by molar-refractivity contribution is 7.20. The second-order valence-electron chi connectivity index (χ2n) is 7.64. The molecule has 0 radical (unpaired) electrons. The number of nitrogens with one attached hydrogen (secondary N) is 1. The fourth-order valence-corrected chi connectivity index (χ4v) is 4.64. The lowest BCUT2D eigenvalue weighted by atomic mass is 10.2. The molecule has 2 aliphatic heterocycles. The Morgan fingerprint density at radius 1 is 1.26 bits per heavy atom. The van der Waals surface area contributed by atoms with Gasteiger partial charge in [-0.1, -0.05) is 35.1 Å². The van der Waals surface area contributed by atoms with Gasteiger partial charge >= 0.3 is 12.0 Å². The molecule has 5 rings (SSSR count). The summed E-state index contributed by atoms with van der Waals surface area (Å²) in [6.07, 6.45) is -0.667. The van der Waals surface area contributed by atoms with Crippen molar-refractivity contribution in [2.45, 2.75) is 25.9 Å². The summed E-state index contributed by atoms with van der Waals surface area (Å²) in [6.45, 7) is 2.40. The quantitative estimate of drug-likeness (QED) is 0.474. The fourth-order valence-electron chi connectivity index (χ4n) is 3.66. The first-order chi connectivity index (χ1) is 16.4. The van der Waals surface area contributed by atoms with Crippen LogP contribution in [0.15, 0.2) is 47.5 Å². The number of benzene rings is 2. The molecule has 2 aromatic carbocycles. The molecule has 0 saturated carbocycles. The standard InChI is InChI=1S/C22H20ClN5O5S/c1-2-27-18-19(33-18)28(10-12-3-5-13(23)6-4-12)20(26-21(27)31)24-14-7-8-15-16(9-14)34-22(25-15)32-11-17(29)30/h3-9,18-19H,2,10-11H2,1H3,(H,29,30)(H,24,26,31).